The highest BCUT2D eigenvalue weighted by Gasteiger charge is 2.30. The number of alkyl halides is 3. The minimum atomic E-state index is -4.41. The normalized spacial score (nSPS) is 11.3. The monoisotopic (exact) mass is 455 g/mol. The van der Waals surface area contributed by atoms with E-state index in [-0.39, 0.29) is 17.6 Å². The second-order valence-electron chi connectivity index (χ2n) is 7.23. The number of aromatic nitrogens is 4. The van der Waals surface area contributed by atoms with Crippen LogP contribution in [0.25, 0.3) is 5.69 Å². The van der Waals surface area contributed by atoms with Crippen LogP contribution in [0, 0.1) is 13.8 Å². The van der Waals surface area contributed by atoms with Crippen LogP contribution >= 0.6 is 0 Å². The Morgan fingerprint density at radius 3 is 2.33 bits per heavy atom. The summed E-state index contributed by atoms with van der Waals surface area (Å²) in [6.45, 7) is 3.66. The highest BCUT2D eigenvalue weighted by atomic mass is 19.4. The predicted molar refractivity (Wildman–Crippen MR) is 116 cm³/mol. The molecule has 170 valence electrons. The van der Waals surface area contributed by atoms with E-state index in [9.17, 15) is 13.2 Å². The maximum atomic E-state index is 12.8. The van der Waals surface area contributed by atoms with Gasteiger partial charge < -0.3 is 19.4 Å². The van der Waals surface area contributed by atoms with E-state index < -0.39 is 11.7 Å². The number of nitrogens with one attached hydrogen (secondary N) is 1. The first-order chi connectivity index (χ1) is 15.7. The van der Waals surface area contributed by atoms with E-state index >= 15 is 0 Å². The zero-order valence-electron chi connectivity index (χ0n) is 18.0. The molecule has 0 spiro atoms. The molecule has 2 aromatic carbocycles. The van der Waals surface area contributed by atoms with Crippen molar-refractivity contribution in [1.29, 1.82) is 0 Å². The third-order valence-electron chi connectivity index (χ3n) is 4.66. The number of benzene rings is 2. The average molecular weight is 455 g/mol. The molecule has 0 amide bonds. The lowest BCUT2D eigenvalue weighted by Crippen LogP contribution is -2.04. The van der Waals surface area contributed by atoms with Gasteiger partial charge in [0.2, 0.25) is 11.8 Å². The van der Waals surface area contributed by atoms with E-state index in [4.69, 9.17) is 9.47 Å². The fourth-order valence-electron chi connectivity index (χ4n) is 3.13. The molecular weight excluding hydrogens is 435 g/mol. The Kier molecular flexibility index (Phi) is 5.91. The smallest absolute Gasteiger partial charge is 0.416 e. The number of anilines is 2. The number of nitrogens with zero attached hydrogens (tertiary/aromatic N) is 4. The lowest BCUT2D eigenvalue weighted by atomic mass is 10.2. The highest BCUT2D eigenvalue weighted by molar-refractivity contribution is 5.62. The predicted octanol–water partition coefficient (Wildman–Crippen LogP) is 5.84. The van der Waals surface area contributed by atoms with Gasteiger partial charge in [-0.1, -0.05) is 0 Å². The van der Waals surface area contributed by atoms with Crippen LogP contribution < -0.4 is 14.8 Å². The third kappa shape index (κ3) is 5.22. The van der Waals surface area contributed by atoms with Gasteiger partial charge in [0.1, 0.15) is 11.5 Å². The van der Waals surface area contributed by atoms with Gasteiger partial charge in [-0.15, -0.1) is 0 Å². The fraction of sp³-hybridized carbons (Fsp3) is 0.174. The second kappa shape index (κ2) is 8.81. The molecule has 0 atom stereocenters. The molecule has 4 aromatic rings. The van der Waals surface area contributed by atoms with Gasteiger partial charge in [-0.3, -0.25) is 0 Å². The lowest BCUT2D eigenvalue weighted by Gasteiger charge is -2.13. The molecule has 0 fully saturated rings. The maximum Gasteiger partial charge on any atom is 0.416 e. The quantitative estimate of drug-likeness (QED) is 0.394. The zero-order chi connectivity index (χ0) is 23.6. The van der Waals surface area contributed by atoms with Gasteiger partial charge in [0.05, 0.1) is 30.4 Å². The van der Waals surface area contributed by atoms with Crippen LogP contribution in [0.3, 0.4) is 0 Å². The Morgan fingerprint density at radius 1 is 0.939 bits per heavy atom. The standard InChI is InChI=1S/C23H20F3N5O2/c1-14-10-21(33-18-7-4-16(5-8-18)23(24,25)26)30-22(28-14)29-17-6-9-19(20(11-17)32-3)31-12-15(2)27-13-31/h4-13H,1-3H3,(H,28,29,30). The van der Waals surface area contributed by atoms with Crippen LogP contribution in [0.15, 0.2) is 61.1 Å². The van der Waals surface area contributed by atoms with Gasteiger partial charge >= 0.3 is 6.18 Å². The van der Waals surface area contributed by atoms with Crippen molar-refractivity contribution in [3.05, 3.63) is 78.0 Å². The number of hydrogen-bond acceptors (Lipinski definition) is 6. The highest BCUT2D eigenvalue weighted by Crippen LogP contribution is 2.32. The van der Waals surface area contributed by atoms with Crippen LogP contribution in [0.5, 0.6) is 17.4 Å². The Labute approximate surface area is 187 Å². The summed E-state index contributed by atoms with van der Waals surface area (Å²) in [5, 5.41) is 3.10. The number of rotatable bonds is 6. The van der Waals surface area contributed by atoms with E-state index in [2.05, 4.69) is 20.3 Å². The topological polar surface area (TPSA) is 74.1 Å². The summed E-state index contributed by atoms with van der Waals surface area (Å²) in [5.74, 6) is 1.31. The van der Waals surface area contributed by atoms with Crippen molar-refractivity contribution in [3.63, 3.8) is 0 Å². The van der Waals surface area contributed by atoms with Crippen molar-refractivity contribution >= 4 is 11.6 Å². The summed E-state index contributed by atoms with van der Waals surface area (Å²) in [6.07, 6.45) is -0.817. The minimum absolute atomic E-state index is 0.197. The summed E-state index contributed by atoms with van der Waals surface area (Å²) in [7, 11) is 1.57. The molecule has 0 aliphatic carbocycles. The van der Waals surface area contributed by atoms with Gasteiger partial charge in [0.25, 0.3) is 0 Å². The molecule has 0 radical (unpaired) electrons. The van der Waals surface area contributed by atoms with Crippen LogP contribution in [-0.2, 0) is 6.18 Å². The van der Waals surface area contributed by atoms with Crippen LogP contribution in [0.1, 0.15) is 17.0 Å². The first-order valence-corrected chi connectivity index (χ1v) is 9.88. The van der Waals surface area contributed by atoms with Crippen molar-refractivity contribution in [2.24, 2.45) is 0 Å². The molecule has 7 nitrogen and oxygen atoms in total. The van der Waals surface area contributed by atoms with Gasteiger partial charge in [-0.25, -0.2) is 9.97 Å². The molecule has 0 saturated carbocycles. The molecule has 10 heteroatoms. The molecule has 1 N–H and O–H groups in total. The van der Waals surface area contributed by atoms with Crippen molar-refractivity contribution in [2.45, 2.75) is 20.0 Å². The molecule has 2 heterocycles. The number of methoxy groups -OCH3 is 1. The van der Waals surface area contributed by atoms with Gasteiger partial charge in [-0.2, -0.15) is 18.2 Å². The van der Waals surface area contributed by atoms with Crippen LogP contribution in [0.4, 0.5) is 24.8 Å². The van der Waals surface area contributed by atoms with Gasteiger partial charge in [0, 0.05) is 29.7 Å². The first kappa shape index (κ1) is 22.1. The second-order valence-corrected chi connectivity index (χ2v) is 7.23. The van der Waals surface area contributed by atoms with E-state index in [1.807, 2.05) is 29.8 Å². The summed E-state index contributed by atoms with van der Waals surface area (Å²) in [4.78, 5) is 12.9. The van der Waals surface area contributed by atoms with Gasteiger partial charge in [0.15, 0.2) is 0 Å². The first-order valence-electron chi connectivity index (χ1n) is 9.88. The largest absolute Gasteiger partial charge is 0.494 e. The van der Waals surface area contributed by atoms with Crippen molar-refractivity contribution in [1.82, 2.24) is 19.5 Å². The number of hydrogen-bond donors (Lipinski definition) is 1. The third-order valence-corrected chi connectivity index (χ3v) is 4.66. The Bertz CT molecular complexity index is 1270. The Balaban J connectivity index is 1.54. The number of halogens is 3. The molecule has 2 aromatic heterocycles. The average Bonchev–Trinajstić information content (AvgIpc) is 3.19. The van der Waals surface area contributed by atoms with E-state index in [1.54, 1.807) is 32.5 Å². The summed E-state index contributed by atoms with van der Waals surface area (Å²) in [5.41, 5.74) is 2.25. The molecule has 33 heavy (non-hydrogen) atoms. The minimum Gasteiger partial charge on any atom is -0.494 e. The molecule has 0 aliphatic heterocycles. The number of imidazole rings is 1. The van der Waals surface area contributed by atoms with E-state index in [0.717, 1.165) is 23.5 Å². The van der Waals surface area contributed by atoms with Crippen molar-refractivity contribution in [3.8, 4) is 23.1 Å². The molecule has 0 aliphatic rings. The van der Waals surface area contributed by atoms with Gasteiger partial charge in [-0.05, 0) is 50.2 Å². The van der Waals surface area contributed by atoms with Crippen molar-refractivity contribution in [2.75, 3.05) is 12.4 Å². The summed E-state index contributed by atoms with van der Waals surface area (Å²) < 4.78 is 51.3. The summed E-state index contributed by atoms with van der Waals surface area (Å²) in [6, 6.07) is 11.5. The SMILES string of the molecule is COc1cc(Nc2nc(C)cc(Oc3ccc(C(F)(F)F)cc3)n2)ccc1-n1cnc(C)c1. The molecule has 4 rings (SSSR count). The number of aryl methyl sites for hydroxylation is 2. The van der Waals surface area contributed by atoms with Crippen molar-refractivity contribution < 1.29 is 22.6 Å². The fourth-order valence-corrected chi connectivity index (χ4v) is 3.13. The molecule has 0 unspecified atom stereocenters. The number of ether oxygens (including phenoxy) is 2. The van der Waals surface area contributed by atoms with Crippen LogP contribution in [-0.4, -0.2) is 26.6 Å². The zero-order valence-corrected chi connectivity index (χ0v) is 18.0. The van der Waals surface area contributed by atoms with E-state index in [1.165, 1.54) is 12.1 Å². The Morgan fingerprint density at radius 2 is 1.70 bits per heavy atom. The molecular formula is C23H20F3N5O2. The summed E-state index contributed by atoms with van der Waals surface area (Å²) >= 11 is 0. The maximum absolute atomic E-state index is 12.8. The van der Waals surface area contributed by atoms with E-state index in [0.29, 0.717) is 17.1 Å². The molecule has 0 bridgehead atoms. The Hall–Kier alpha value is -4.08. The lowest BCUT2D eigenvalue weighted by molar-refractivity contribution is -0.137. The molecule has 0 saturated heterocycles. The van der Waals surface area contributed by atoms with Crippen LogP contribution in [0.2, 0.25) is 0 Å².